The van der Waals surface area contributed by atoms with E-state index >= 15 is 0 Å². The Labute approximate surface area is 202 Å². The summed E-state index contributed by atoms with van der Waals surface area (Å²) in [6.45, 7) is 7.38. The molecule has 182 valence electrons. The van der Waals surface area contributed by atoms with E-state index in [4.69, 9.17) is 0 Å². The molecule has 34 heavy (non-hydrogen) atoms. The number of benzene rings is 3. The number of aromatic hydroxyl groups is 3. The highest BCUT2D eigenvalue weighted by molar-refractivity contribution is 5.28. The van der Waals surface area contributed by atoms with Crippen molar-refractivity contribution in [3.8, 4) is 17.2 Å². The molecule has 0 amide bonds. The van der Waals surface area contributed by atoms with Crippen LogP contribution in [-0.2, 0) is 19.6 Å². The van der Waals surface area contributed by atoms with E-state index in [1.54, 1.807) is 36.4 Å². The van der Waals surface area contributed by atoms with Gasteiger partial charge in [-0.05, 0) is 53.1 Å². The molecule has 0 unspecified atom stereocenters. The lowest BCUT2D eigenvalue weighted by Crippen LogP contribution is -2.40. The van der Waals surface area contributed by atoms with Gasteiger partial charge in [0.1, 0.15) is 17.2 Å². The second-order valence-corrected chi connectivity index (χ2v) is 8.38. The van der Waals surface area contributed by atoms with Gasteiger partial charge >= 0.3 is 0 Å². The average Bonchev–Trinajstić information content (AvgIpc) is 2.82. The molecule has 3 aromatic rings. The quantitative estimate of drug-likeness (QED) is 0.192. The van der Waals surface area contributed by atoms with E-state index in [0.29, 0.717) is 19.6 Å². The Morgan fingerprint density at radius 3 is 1.12 bits per heavy atom. The number of rotatable bonds is 15. The van der Waals surface area contributed by atoms with Crippen LogP contribution in [0, 0.1) is 0 Å². The highest BCUT2D eigenvalue weighted by Crippen LogP contribution is 2.12. The number of phenolic OH excluding ortho intramolecular Hbond substituents is 3. The first-order valence-electron chi connectivity index (χ1n) is 11.8. The zero-order valence-electron chi connectivity index (χ0n) is 19.6. The third-order valence-corrected chi connectivity index (χ3v) is 5.53. The lowest BCUT2D eigenvalue weighted by atomic mass is 10.2. The maximum Gasteiger partial charge on any atom is 0.115 e. The normalized spacial score (nSPS) is 11.2. The van der Waals surface area contributed by atoms with Crippen molar-refractivity contribution in [3.05, 3.63) is 89.5 Å². The van der Waals surface area contributed by atoms with Crippen LogP contribution in [-0.4, -0.2) is 59.5 Å². The van der Waals surface area contributed by atoms with E-state index < -0.39 is 0 Å². The molecule has 0 aliphatic heterocycles. The molecular weight excluding hydrogens is 428 g/mol. The monoisotopic (exact) mass is 464 g/mol. The fraction of sp³-hybridized carbons (Fsp3) is 0.333. The SMILES string of the molecule is Oc1cccc(CNCCN(CCNCc2cccc(O)c2)CCNCc2cccc(O)c2)c1. The van der Waals surface area contributed by atoms with Crippen LogP contribution in [0.1, 0.15) is 16.7 Å². The molecule has 0 saturated heterocycles. The van der Waals surface area contributed by atoms with Crippen molar-refractivity contribution >= 4 is 0 Å². The van der Waals surface area contributed by atoms with E-state index in [9.17, 15) is 15.3 Å². The zero-order valence-corrected chi connectivity index (χ0v) is 19.6. The second-order valence-electron chi connectivity index (χ2n) is 8.38. The van der Waals surface area contributed by atoms with Crippen LogP contribution in [0.5, 0.6) is 17.2 Å². The van der Waals surface area contributed by atoms with E-state index in [2.05, 4.69) is 20.9 Å². The summed E-state index contributed by atoms with van der Waals surface area (Å²) in [4.78, 5) is 2.40. The van der Waals surface area contributed by atoms with Gasteiger partial charge in [-0.2, -0.15) is 0 Å². The van der Waals surface area contributed by atoms with Gasteiger partial charge in [0.05, 0.1) is 0 Å². The Hall–Kier alpha value is -3.10. The summed E-state index contributed by atoms with van der Waals surface area (Å²) in [5.74, 6) is 0.865. The van der Waals surface area contributed by atoms with Crippen molar-refractivity contribution in [2.75, 3.05) is 39.3 Å². The summed E-state index contributed by atoms with van der Waals surface area (Å²) >= 11 is 0. The molecule has 3 aromatic carbocycles. The Balaban J connectivity index is 1.40. The zero-order chi connectivity index (χ0) is 24.0. The predicted octanol–water partition coefficient (Wildman–Crippen LogP) is 2.77. The summed E-state index contributed by atoms with van der Waals surface area (Å²) in [6, 6.07) is 21.9. The minimum atomic E-state index is 0.288. The molecule has 0 saturated carbocycles. The Kier molecular flexibility index (Phi) is 10.7. The van der Waals surface area contributed by atoms with E-state index in [1.165, 1.54) is 0 Å². The maximum atomic E-state index is 9.62. The molecule has 7 heteroatoms. The van der Waals surface area contributed by atoms with Crippen LogP contribution in [0.25, 0.3) is 0 Å². The van der Waals surface area contributed by atoms with Gasteiger partial charge in [-0.1, -0.05) is 36.4 Å². The summed E-state index contributed by atoms with van der Waals surface area (Å²) < 4.78 is 0. The highest BCUT2D eigenvalue weighted by Gasteiger charge is 2.05. The van der Waals surface area contributed by atoms with Gasteiger partial charge in [0.15, 0.2) is 0 Å². The Morgan fingerprint density at radius 1 is 0.500 bits per heavy atom. The summed E-state index contributed by atoms with van der Waals surface area (Å²) in [5, 5.41) is 39.2. The molecule has 0 fully saturated rings. The van der Waals surface area contributed by atoms with Crippen molar-refractivity contribution < 1.29 is 15.3 Å². The molecule has 3 rings (SSSR count). The number of hydrogen-bond donors (Lipinski definition) is 6. The third-order valence-electron chi connectivity index (χ3n) is 5.53. The van der Waals surface area contributed by atoms with Gasteiger partial charge in [0.2, 0.25) is 0 Å². The van der Waals surface area contributed by atoms with Gasteiger partial charge in [-0.3, -0.25) is 4.90 Å². The molecule has 0 atom stereocenters. The van der Waals surface area contributed by atoms with E-state index in [0.717, 1.165) is 56.0 Å². The number of nitrogens with one attached hydrogen (secondary N) is 3. The molecule has 0 aliphatic rings. The third kappa shape index (κ3) is 9.80. The van der Waals surface area contributed by atoms with Crippen LogP contribution in [0.4, 0.5) is 0 Å². The standard InChI is InChI=1S/C27H36N4O3/c32-25-7-1-4-22(16-25)19-28-10-13-31(14-11-29-20-23-5-2-8-26(33)17-23)15-12-30-21-24-6-3-9-27(34)18-24/h1-9,16-18,28-30,32-34H,10-15,19-21H2. The lowest BCUT2D eigenvalue weighted by Gasteiger charge is -2.23. The average molecular weight is 465 g/mol. The molecule has 0 radical (unpaired) electrons. The van der Waals surface area contributed by atoms with E-state index in [1.807, 2.05) is 36.4 Å². The van der Waals surface area contributed by atoms with Gasteiger partial charge in [0.25, 0.3) is 0 Å². The molecule has 0 aliphatic carbocycles. The van der Waals surface area contributed by atoms with Crippen LogP contribution >= 0.6 is 0 Å². The van der Waals surface area contributed by atoms with Crippen molar-refractivity contribution in [1.82, 2.24) is 20.9 Å². The summed E-state index contributed by atoms with van der Waals surface area (Å²) in [6.07, 6.45) is 0. The largest absolute Gasteiger partial charge is 0.508 e. The Bertz CT molecular complexity index is 872. The second kappa shape index (κ2) is 14.2. The van der Waals surface area contributed by atoms with Gasteiger partial charge in [-0.25, -0.2) is 0 Å². The van der Waals surface area contributed by atoms with Crippen molar-refractivity contribution in [2.45, 2.75) is 19.6 Å². The first kappa shape index (κ1) is 25.5. The molecule has 0 aromatic heterocycles. The van der Waals surface area contributed by atoms with Crippen molar-refractivity contribution in [1.29, 1.82) is 0 Å². The number of hydrogen-bond acceptors (Lipinski definition) is 7. The summed E-state index contributed by atoms with van der Waals surface area (Å²) in [5.41, 5.74) is 3.19. The Morgan fingerprint density at radius 2 is 0.824 bits per heavy atom. The number of nitrogens with zero attached hydrogens (tertiary/aromatic N) is 1. The van der Waals surface area contributed by atoms with Crippen LogP contribution in [0.2, 0.25) is 0 Å². The van der Waals surface area contributed by atoms with Gasteiger partial charge in [0, 0.05) is 58.9 Å². The molecule has 0 spiro atoms. The highest BCUT2D eigenvalue weighted by atomic mass is 16.3. The first-order valence-corrected chi connectivity index (χ1v) is 11.8. The molecule has 0 bridgehead atoms. The maximum absolute atomic E-state index is 9.62. The predicted molar refractivity (Wildman–Crippen MR) is 136 cm³/mol. The topological polar surface area (TPSA) is 100 Å². The van der Waals surface area contributed by atoms with Crippen LogP contribution in [0.3, 0.4) is 0 Å². The molecule has 6 N–H and O–H groups in total. The molecular formula is C27H36N4O3. The molecule has 0 heterocycles. The minimum absolute atomic E-state index is 0.288. The van der Waals surface area contributed by atoms with Crippen molar-refractivity contribution in [2.24, 2.45) is 0 Å². The van der Waals surface area contributed by atoms with Crippen LogP contribution < -0.4 is 16.0 Å². The lowest BCUT2D eigenvalue weighted by molar-refractivity contribution is 0.271. The van der Waals surface area contributed by atoms with Gasteiger partial charge < -0.3 is 31.3 Å². The van der Waals surface area contributed by atoms with Crippen LogP contribution in [0.15, 0.2) is 72.8 Å². The summed E-state index contributed by atoms with van der Waals surface area (Å²) in [7, 11) is 0. The fourth-order valence-corrected chi connectivity index (χ4v) is 3.74. The van der Waals surface area contributed by atoms with E-state index in [-0.39, 0.29) is 17.2 Å². The molecule has 7 nitrogen and oxygen atoms in total. The van der Waals surface area contributed by atoms with Crippen molar-refractivity contribution in [3.63, 3.8) is 0 Å². The number of phenols is 3. The first-order chi connectivity index (χ1) is 16.6. The smallest absolute Gasteiger partial charge is 0.115 e. The van der Waals surface area contributed by atoms with Gasteiger partial charge in [-0.15, -0.1) is 0 Å². The minimum Gasteiger partial charge on any atom is -0.508 e. The fourth-order valence-electron chi connectivity index (χ4n) is 3.74.